The minimum absolute atomic E-state index is 0.0727. The third kappa shape index (κ3) is 4.96. The van der Waals surface area contributed by atoms with E-state index in [2.05, 4.69) is 10.6 Å². The van der Waals surface area contributed by atoms with Gasteiger partial charge in [0.05, 0.1) is 6.17 Å². The molecule has 0 aromatic heterocycles. The van der Waals surface area contributed by atoms with Crippen molar-refractivity contribution in [1.82, 2.24) is 10.6 Å². The van der Waals surface area contributed by atoms with Gasteiger partial charge in [0.25, 0.3) is 0 Å². The van der Waals surface area contributed by atoms with Gasteiger partial charge in [0.2, 0.25) is 0 Å². The number of hydrogen-bond acceptors (Lipinski definition) is 2. The molecule has 2 aromatic carbocycles. The first-order chi connectivity index (χ1) is 12.5. The van der Waals surface area contributed by atoms with E-state index in [-0.39, 0.29) is 18.0 Å². The van der Waals surface area contributed by atoms with Gasteiger partial charge in [-0.2, -0.15) is 0 Å². The number of carbonyl (C=O) groups is 1. The molecule has 0 spiro atoms. The van der Waals surface area contributed by atoms with E-state index in [9.17, 15) is 9.18 Å². The van der Waals surface area contributed by atoms with Crippen molar-refractivity contribution in [3.63, 3.8) is 0 Å². The van der Waals surface area contributed by atoms with Crippen LogP contribution >= 0.6 is 11.6 Å². The first-order valence-corrected chi connectivity index (χ1v) is 9.16. The first-order valence-electron chi connectivity index (χ1n) is 8.79. The van der Waals surface area contributed by atoms with E-state index in [4.69, 9.17) is 11.6 Å². The molecule has 2 aromatic rings. The van der Waals surface area contributed by atoms with Gasteiger partial charge in [-0.05, 0) is 73.7 Å². The average Bonchev–Trinajstić information content (AvgIpc) is 2.64. The largest absolute Gasteiger partial charge is 0.322 e. The summed E-state index contributed by atoms with van der Waals surface area (Å²) >= 11 is 5.89. The number of halogens is 2. The van der Waals surface area contributed by atoms with Crippen LogP contribution in [0.2, 0.25) is 5.02 Å². The highest BCUT2D eigenvalue weighted by atomic mass is 35.5. The molecule has 3 rings (SSSR count). The topological polar surface area (TPSA) is 44.4 Å². The minimum atomic E-state index is -0.213. The molecule has 2 amide bonds. The third-order valence-electron chi connectivity index (χ3n) is 4.77. The van der Waals surface area contributed by atoms with Gasteiger partial charge in [-0.3, -0.25) is 10.2 Å². The van der Waals surface area contributed by atoms with Gasteiger partial charge in [0, 0.05) is 17.8 Å². The molecule has 1 fully saturated rings. The van der Waals surface area contributed by atoms with Crippen LogP contribution in [0.5, 0.6) is 0 Å². The number of amides is 2. The molecule has 4 nitrogen and oxygen atoms in total. The number of hydrogen-bond donors (Lipinski definition) is 2. The van der Waals surface area contributed by atoms with E-state index >= 15 is 0 Å². The van der Waals surface area contributed by atoms with Crippen molar-refractivity contribution in [1.29, 1.82) is 0 Å². The van der Waals surface area contributed by atoms with E-state index in [1.807, 2.05) is 24.3 Å². The summed E-state index contributed by atoms with van der Waals surface area (Å²) in [5.74, 6) is 0.238. The van der Waals surface area contributed by atoms with Crippen LogP contribution in [0.15, 0.2) is 48.5 Å². The summed E-state index contributed by atoms with van der Waals surface area (Å²) in [4.78, 5) is 14.1. The maximum atomic E-state index is 13.0. The smallest absolute Gasteiger partial charge is 0.322 e. The second-order valence-electron chi connectivity index (χ2n) is 6.71. The van der Waals surface area contributed by atoms with Gasteiger partial charge >= 0.3 is 6.03 Å². The van der Waals surface area contributed by atoms with Crippen molar-refractivity contribution < 1.29 is 9.18 Å². The molecule has 2 atom stereocenters. The normalized spacial score (nSPS) is 19.8. The van der Waals surface area contributed by atoms with Crippen LogP contribution < -0.4 is 15.5 Å². The summed E-state index contributed by atoms with van der Waals surface area (Å²) in [6.07, 6.45) is 2.70. The van der Waals surface area contributed by atoms with E-state index < -0.39 is 0 Å². The molecule has 26 heavy (non-hydrogen) atoms. The van der Waals surface area contributed by atoms with Crippen LogP contribution in [0.25, 0.3) is 0 Å². The van der Waals surface area contributed by atoms with E-state index in [0.717, 1.165) is 37.1 Å². The van der Waals surface area contributed by atoms with Gasteiger partial charge in [0.1, 0.15) is 5.82 Å². The number of urea groups is 1. The maximum absolute atomic E-state index is 13.0. The zero-order chi connectivity index (χ0) is 18.5. The lowest BCUT2D eigenvalue weighted by Crippen LogP contribution is -2.53. The molecular weight excluding hydrogens is 353 g/mol. The molecule has 0 aliphatic carbocycles. The Morgan fingerprint density at radius 2 is 1.92 bits per heavy atom. The molecule has 1 aliphatic heterocycles. The molecule has 2 unspecified atom stereocenters. The second kappa shape index (κ2) is 8.52. The van der Waals surface area contributed by atoms with Crippen LogP contribution in [-0.4, -0.2) is 25.8 Å². The van der Waals surface area contributed by atoms with Crippen LogP contribution in [0.4, 0.5) is 14.9 Å². The lowest BCUT2D eigenvalue weighted by Gasteiger charge is -2.32. The van der Waals surface area contributed by atoms with Crippen molar-refractivity contribution in [2.24, 2.45) is 5.92 Å². The molecule has 2 N–H and O–H groups in total. The maximum Gasteiger partial charge on any atom is 0.322 e. The van der Waals surface area contributed by atoms with Crippen molar-refractivity contribution >= 4 is 23.3 Å². The summed E-state index contributed by atoms with van der Waals surface area (Å²) < 4.78 is 13.0. The van der Waals surface area contributed by atoms with E-state index in [1.54, 1.807) is 24.1 Å². The Balaban J connectivity index is 1.54. The molecule has 0 saturated carbocycles. The van der Waals surface area contributed by atoms with Gasteiger partial charge < -0.3 is 5.32 Å². The fraction of sp³-hybridized carbons (Fsp3) is 0.350. The Labute approximate surface area is 158 Å². The number of anilines is 1. The molecular formula is C20H23ClFN3O. The highest BCUT2D eigenvalue weighted by molar-refractivity contribution is 6.30. The van der Waals surface area contributed by atoms with Crippen molar-refractivity contribution in [3.05, 3.63) is 64.9 Å². The first kappa shape index (κ1) is 18.7. The summed E-state index contributed by atoms with van der Waals surface area (Å²) in [6, 6.07) is 13.6. The SMILES string of the molecule is CN(C(=O)NC1CC(Cc2ccc(F)cc2)CCN1)c1ccc(Cl)cc1. The van der Waals surface area contributed by atoms with Crippen LogP contribution in [0.3, 0.4) is 0 Å². The summed E-state index contributed by atoms with van der Waals surface area (Å²) in [7, 11) is 1.73. The van der Waals surface area contributed by atoms with Crippen LogP contribution in [-0.2, 0) is 6.42 Å². The Bertz CT molecular complexity index is 736. The van der Waals surface area contributed by atoms with Gasteiger partial charge in [-0.15, -0.1) is 0 Å². The highest BCUT2D eigenvalue weighted by Crippen LogP contribution is 2.21. The Hall–Kier alpha value is -2.11. The number of rotatable bonds is 4. The predicted molar refractivity (Wildman–Crippen MR) is 103 cm³/mol. The molecule has 0 radical (unpaired) electrons. The van der Waals surface area contributed by atoms with Crippen molar-refractivity contribution in [2.75, 3.05) is 18.5 Å². The number of nitrogens with zero attached hydrogens (tertiary/aromatic N) is 1. The quantitative estimate of drug-likeness (QED) is 0.841. The fourth-order valence-corrected chi connectivity index (χ4v) is 3.40. The summed E-state index contributed by atoms with van der Waals surface area (Å²) in [5, 5.41) is 7.03. The number of piperidine rings is 1. The Morgan fingerprint density at radius 1 is 1.23 bits per heavy atom. The standard InChI is InChI=1S/C20H23ClFN3O/c1-25(18-8-4-16(21)5-9-18)20(26)24-19-13-15(10-11-23-19)12-14-2-6-17(22)7-3-14/h2-9,15,19,23H,10-13H2,1H3,(H,24,26). The molecule has 6 heteroatoms. The van der Waals surface area contributed by atoms with Crippen LogP contribution in [0.1, 0.15) is 18.4 Å². The summed E-state index contributed by atoms with van der Waals surface area (Å²) in [6.45, 7) is 0.849. The Kier molecular flexibility index (Phi) is 6.12. The lowest BCUT2D eigenvalue weighted by molar-refractivity contribution is 0.226. The predicted octanol–water partition coefficient (Wildman–Crippen LogP) is 4.19. The Morgan fingerprint density at radius 3 is 2.62 bits per heavy atom. The zero-order valence-corrected chi connectivity index (χ0v) is 15.5. The molecule has 0 bridgehead atoms. The molecule has 138 valence electrons. The molecule has 1 heterocycles. The third-order valence-corrected chi connectivity index (χ3v) is 5.02. The fourth-order valence-electron chi connectivity index (χ4n) is 3.27. The van der Waals surface area contributed by atoms with Gasteiger partial charge in [-0.25, -0.2) is 9.18 Å². The van der Waals surface area contributed by atoms with Crippen molar-refractivity contribution in [2.45, 2.75) is 25.4 Å². The zero-order valence-electron chi connectivity index (χ0n) is 14.7. The number of benzene rings is 2. The monoisotopic (exact) mass is 375 g/mol. The van der Waals surface area contributed by atoms with Gasteiger partial charge in [-0.1, -0.05) is 23.7 Å². The summed E-state index contributed by atoms with van der Waals surface area (Å²) in [5.41, 5.74) is 1.91. The van der Waals surface area contributed by atoms with Gasteiger partial charge in [0.15, 0.2) is 0 Å². The van der Waals surface area contributed by atoms with E-state index in [0.29, 0.717) is 10.9 Å². The highest BCUT2D eigenvalue weighted by Gasteiger charge is 2.24. The average molecular weight is 376 g/mol. The van der Waals surface area contributed by atoms with Crippen LogP contribution in [0, 0.1) is 11.7 Å². The number of carbonyl (C=O) groups excluding carboxylic acids is 1. The van der Waals surface area contributed by atoms with E-state index in [1.165, 1.54) is 12.1 Å². The lowest BCUT2D eigenvalue weighted by atomic mass is 9.89. The molecule has 1 aliphatic rings. The second-order valence-corrected chi connectivity index (χ2v) is 7.15. The molecule has 1 saturated heterocycles. The minimum Gasteiger partial charge on any atom is -0.322 e. The van der Waals surface area contributed by atoms with Crippen molar-refractivity contribution in [3.8, 4) is 0 Å². The number of nitrogens with one attached hydrogen (secondary N) is 2.